The number of halogens is 2. The predicted molar refractivity (Wildman–Crippen MR) is 51.6 cm³/mol. The second-order valence-electron chi connectivity index (χ2n) is 2.29. The van der Waals surface area contributed by atoms with Crippen LogP contribution in [0, 0.1) is 5.95 Å². The van der Waals surface area contributed by atoms with Crippen molar-refractivity contribution in [1.82, 2.24) is 4.98 Å². The van der Waals surface area contributed by atoms with Gasteiger partial charge in [0.15, 0.2) is 0 Å². The van der Waals surface area contributed by atoms with E-state index in [4.69, 9.17) is 0 Å². The van der Waals surface area contributed by atoms with E-state index in [9.17, 15) is 4.39 Å². The van der Waals surface area contributed by atoms with Gasteiger partial charge >= 0.3 is 0 Å². The Bertz CT molecular complexity index is 273. The number of hydrogen-bond donors (Lipinski definition) is 0. The van der Waals surface area contributed by atoms with Crippen molar-refractivity contribution in [3.63, 3.8) is 0 Å². The van der Waals surface area contributed by atoms with Crippen LogP contribution >= 0.6 is 15.9 Å². The molecule has 1 aromatic heterocycles. The van der Waals surface area contributed by atoms with E-state index < -0.39 is 5.95 Å². The summed E-state index contributed by atoms with van der Waals surface area (Å²) < 4.78 is 12.5. The molecule has 0 amide bonds. The highest BCUT2D eigenvalue weighted by atomic mass is 79.9. The summed E-state index contributed by atoms with van der Waals surface area (Å²) in [4.78, 5) is 3.46. The van der Waals surface area contributed by atoms with Crippen molar-refractivity contribution < 1.29 is 4.39 Å². The van der Waals surface area contributed by atoms with Crippen molar-refractivity contribution >= 4 is 22.0 Å². The number of rotatable bonds is 3. The second kappa shape index (κ2) is 5.04. The van der Waals surface area contributed by atoms with Gasteiger partial charge in [-0.15, -0.1) is 0 Å². The molecular weight excluding hydrogens is 221 g/mol. The Kier molecular flexibility index (Phi) is 3.94. The summed E-state index contributed by atoms with van der Waals surface area (Å²) in [6.45, 7) is 0. The topological polar surface area (TPSA) is 12.9 Å². The van der Waals surface area contributed by atoms with E-state index in [0.717, 1.165) is 17.3 Å². The van der Waals surface area contributed by atoms with Gasteiger partial charge in [0.25, 0.3) is 0 Å². The van der Waals surface area contributed by atoms with Crippen LogP contribution in [-0.2, 0) is 0 Å². The maximum absolute atomic E-state index is 12.5. The first-order valence-electron chi connectivity index (χ1n) is 3.67. The Balaban J connectivity index is 2.63. The Morgan fingerprint density at radius 1 is 1.58 bits per heavy atom. The molecular formula is C9H9BrFN. The molecule has 1 aromatic rings. The van der Waals surface area contributed by atoms with E-state index in [1.165, 1.54) is 12.3 Å². The van der Waals surface area contributed by atoms with Crippen LogP contribution in [0.15, 0.2) is 24.4 Å². The summed E-state index contributed by atoms with van der Waals surface area (Å²) in [6.07, 6.45) is 6.28. The lowest BCUT2D eigenvalue weighted by Crippen LogP contribution is -1.81. The minimum absolute atomic E-state index is 0.434. The SMILES string of the molecule is Fc1cc(C=CCCBr)ccn1. The fourth-order valence-corrected chi connectivity index (χ4v) is 1.07. The molecule has 1 nitrogen and oxygen atoms in total. The van der Waals surface area contributed by atoms with Crippen LogP contribution in [0.4, 0.5) is 4.39 Å². The molecule has 12 heavy (non-hydrogen) atoms. The highest BCUT2D eigenvalue weighted by molar-refractivity contribution is 9.09. The summed E-state index contributed by atoms with van der Waals surface area (Å²) in [5.41, 5.74) is 0.850. The third-order valence-electron chi connectivity index (χ3n) is 1.34. The van der Waals surface area contributed by atoms with Crippen LogP contribution in [0.2, 0.25) is 0 Å². The fraction of sp³-hybridized carbons (Fsp3) is 0.222. The van der Waals surface area contributed by atoms with Crippen molar-refractivity contribution in [2.24, 2.45) is 0 Å². The van der Waals surface area contributed by atoms with Gasteiger partial charge in [-0.25, -0.2) is 4.98 Å². The van der Waals surface area contributed by atoms with Crippen LogP contribution in [0.3, 0.4) is 0 Å². The molecule has 0 aliphatic heterocycles. The van der Waals surface area contributed by atoms with Gasteiger partial charge < -0.3 is 0 Å². The van der Waals surface area contributed by atoms with E-state index >= 15 is 0 Å². The zero-order chi connectivity index (χ0) is 8.81. The van der Waals surface area contributed by atoms with Gasteiger partial charge in [0.1, 0.15) is 0 Å². The molecule has 0 spiro atoms. The number of allylic oxidation sites excluding steroid dienone is 1. The van der Waals surface area contributed by atoms with E-state index in [2.05, 4.69) is 20.9 Å². The van der Waals surface area contributed by atoms with Gasteiger partial charge in [0.05, 0.1) is 0 Å². The normalized spacial score (nSPS) is 10.8. The lowest BCUT2D eigenvalue weighted by atomic mass is 10.2. The maximum atomic E-state index is 12.5. The molecule has 1 heterocycles. The van der Waals surface area contributed by atoms with E-state index in [-0.39, 0.29) is 0 Å². The summed E-state index contributed by atoms with van der Waals surface area (Å²) in [7, 11) is 0. The molecule has 0 atom stereocenters. The number of hydrogen-bond acceptors (Lipinski definition) is 1. The first-order chi connectivity index (χ1) is 5.83. The molecule has 0 saturated carbocycles. The molecule has 1 rings (SSSR count). The molecule has 0 unspecified atom stereocenters. The predicted octanol–water partition coefficient (Wildman–Crippen LogP) is 3.02. The molecule has 0 saturated heterocycles. The van der Waals surface area contributed by atoms with Crippen molar-refractivity contribution in [2.75, 3.05) is 5.33 Å². The maximum Gasteiger partial charge on any atom is 0.213 e. The molecule has 0 aromatic carbocycles. The summed E-state index contributed by atoms with van der Waals surface area (Å²) >= 11 is 3.30. The van der Waals surface area contributed by atoms with E-state index in [1.54, 1.807) is 6.07 Å². The minimum Gasteiger partial charge on any atom is -0.228 e. The highest BCUT2D eigenvalue weighted by Crippen LogP contribution is 2.03. The molecule has 64 valence electrons. The Hall–Kier alpha value is -0.700. The van der Waals surface area contributed by atoms with Crippen LogP contribution in [0.5, 0.6) is 0 Å². The smallest absolute Gasteiger partial charge is 0.213 e. The number of aromatic nitrogens is 1. The van der Waals surface area contributed by atoms with Crippen LogP contribution < -0.4 is 0 Å². The van der Waals surface area contributed by atoms with Crippen molar-refractivity contribution in [1.29, 1.82) is 0 Å². The molecule has 0 bridgehead atoms. The van der Waals surface area contributed by atoms with Gasteiger partial charge in [-0.05, 0) is 18.1 Å². The van der Waals surface area contributed by atoms with Gasteiger partial charge in [0.2, 0.25) is 5.95 Å². The second-order valence-corrected chi connectivity index (χ2v) is 3.08. The quantitative estimate of drug-likeness (QED) is 0.574. The molecule has 0 aliphatic rings. The third-order valence-corrected chi connectivity index (χ3v) is 1.79. The minimum atomic E-state index is -0.434. The van der Waals surface area contributed by atoms with E-state index in [0.29, 0.717) is 0 Å². The number of nitrogens with zero attached hydrogens (tertiary/aromatic N) is 1. The molecule has 0 N–H and O–H groups in total. The first kappa shape index (κ1) is 9.39. The Morgan fingerprint density at radius 3 is 3.08 bits per heavy atom. The standard InChI is InChI=1S/C9H9BrFN/c10-5-2-1-3-8-4-6-12-9(11)7-8/h1,3-4,6-7H,2,5H2. The van der Waals surface area contributed by atoms with Gasteiger partial charge in [-0.3, -0.25) is 0 Å². The lowest BCUT2D eigenvalue weighted by Gasteiger charge is -1.91. The first-order valence-corrected chi connectivity index (χ1v) is 4.79. The number of pyridine rings is 1. The van der Waals surface area contributed by atoms with Gasteiger partial charge in [-0.1, -0.05) is 28.1 Å². The zero-order valence-corrected chi connectivity index (χ0v) is 8.09. The molecule has 0 radical (unpaired) electrons. The van der Waals surface area contributed by atoms with Crippen LogP contribution in [-0.4, -0.2) is 10.3 Å². The van der Waals surface area contributed by atoms with Crippen LogP contribution in [0.1, 0.15) is 12.0 Å². The van der Waals surface area contributed by atoms with Gasteiger partial charge in [-0.2, -0.15) is 4.39 Å². The van der Waals surface area contributed by atoms with Crippen molar-refractivity contribution in [3.05, 3.63) is 35.9 Å². The lowest BCUT2D eigenvalue weighted by molar-refractivity contribution is 0.583. The van der Waals surface area contributed by atoms with E-state index in [1.807, 2.05) is 12.2 Å². The number of alkyl halides is 1. The Morgan fingerprint density at radius 2 is 2.42 bits per heavy atom. The van der Waals surface area contributed by atoms with Crippen molar-refractivity contribution in [3.8, 4) is 0 Å². The zero-order valence-electron chi connectivity index (χ0n) is 6.50. The summed E-state index contributed by atoms with van der Waals surface area (Å²) in [5, 5.41) is 0.928. The average molecular weight is 230 g/mol. The van der Waals surface area contributed by atoms with Gasteiger partial charge in [0, 0.05) is 17.6 Å². The monoisotopic (exact) mass is 229 g/mol. The Labute approximate surface area is 79.5 Å². The largest absolute Gasteiger partial charge is 0.228 e. The summed E-state index contributed by atoms with van der Waals surface area (Å²) in [6, 6.07) is 3.18. The van der Waals surface area contributed by atoms with Crippen molar-refractivity contribution in [2.45, 2.75) is 6.42 Å². The third kappa shape index (κ3) is 3.13. The molecule has 3 heteroatoms. The highest BCUT2D eigenvalue weighted by Gasteiger charge is 1.90. The fourth-order valence-electron chi connectivity index (χ4n) is 0.804. The summed E-state index contributed by atoms with van der Waals surface area (Å²) in [5.74, 6) is -0.434. The molecule has 0 aliphatic carbocycles. The van der Waals surface area contributed by atoms with Crippen LogP contribution in [0.25, 0.3) is 6.08 Å². The molecule has 0 fully saturated rings. The average Bonchev–Trinajstić information content (AvgIpc) is 2.05.